The number of anilines is 3. The van der Waals surface area contributed by atoms with Gasteiger partial charge < -0.3 is 9.64 Å². The average Bonchev–Trinajstić information content (AvgIpc) is 3.34. The van der Waals surface area contributed by atoms with Crippen LogP contribution < -0.4 is 19.1 Å². The smallest absolute Gasteiger partial charge is 0.261 e. The monoisotopic (exact) mass is 551 g/mol. The normalized spacial score (nSPS) is 14.0. The quantitative estimate of drug-likeness (QED) is 0.331. The van der Waals surface area contributed by atoms with Gasteiger partial charge in [-0.2, -0.15) is 0 Å². The third kappa shape index (κ3) is 5.02. The third-order valence-electron chi connectivity index (χ3n) is 6.28. The third-order valence-corrected chi connectivity index (χ3v) is 9.04. The van der Waals surface area contributed by atoms with E-state index in [0.29, 0.717) is 36.5 Å². The largest absolute Gasteiger partial charge is 0.495 e. The Morgan fingerprint density at radius 3 is 2.18 bits per heavy atom. The lowest BCUT2D eigenvalue weighted by molar-refractivity contribution is -0.117. The van der Waals surface area contributed by atoms with Gasteiger partial charge >= 0.3 is 0 Å². The molecule has 0 unspecified atom stereocenters. The first-order chi connectivity index (χ1) is 18.2. The van der Waals surface area contributed by atoms with Crippen molar-refractivity contribution < 1.29 is 26.4 Å². The molecule has 1 amide bonds. The molecular weight excluding hydrogens is 526 g/mol. The van der Waals surface area contributed by atoms with Crippen LogP contribution >= 0.6 is 0 Å². The van der Waals surface area contributed by atoms with Gasteiger partial charge in [-0.1, -0.05) is 36.4 Å². The topological polar surface area (TPSA) is 122 Å². The van der Waals surface area contributed by atoms with Crippen molar-refractivity contribution in [1.82, 2.24) is 0 Å². The maximum atomic E-state index is 13.1. The van der Waals surface area contributed by atoms with Gasteiger partial charge in [-0.05, 0) is 60.3 Å². The summed E-state index contributed by atoms with van der Waals surface area (Å²) in [6.45, 7) is 0.481. The van der Waals surface area contributed by atoms with Crippen molar-refractivity contribution in [2.45, 2.75) is 22.6 Å². The molecule has 2 N–H and O–H groups in total. The minimum absolute atomic E-state index is 0.0207. The Balaban J connectivity index is 1.37. The van der Waals surface area contributed by atoms with E-state index in [0.717, 1.165) is 10.8 Å². The summed E-state index contributed by atoms with van der Waals surface area (Å²) in [5.74, 6) is 0.298. The summed E-state index contributed by atoms with van der Waals surface area (Å²) in [7, 11) is -6.51. The van der Waals surface area contributed by atoms with E-state index in [2.05, 4.69) is 9.44 Å². The van der Waals surface area contributed by atoms with E-state index >= 15 is 0 Å². The van der Waals surface area contributed by atoms with Crippen LogP contribution in [0.2, 0.25) is 0 Å². The molecule has 1 saturated heterocycles. The number of carbonyl (C=O) groups excluding carboxylic acids is 1. The molecule has 4 aromatic rings. The number of hydrogen-bond acceptors (Lipinski definition) is 6. The fraction of sp³-hybridized carbons (Fsp3) is 0.148. The second kappa shape index (κ2) is 9.99. The number of benzene rings is 4. The Hall–Kier alpha value is -4.09. The fourth-order valence-electron chi connectivity index (χ4n) is 4.39. The molecule has 0 atom stereocenters. The van der Waals surface area contributed by atoms with Crippen molar-refractivity contribution in [2.75, 3.05) is 28.0 Å². The van der Waals surface area contributed by atoms with Crippen molar-refractivity contribution in [2.24, 2.45) is 0 Å². The minimum atomic E-state index is -4.04. The van der Waals surface area contributed by atoms with Gasteiger partial charge in [0.25, 0.3) is 20.0 Å². The maximum absolute atomic E-state index is 13.1. The van der Waals surface area contributed by atoms with Crippen LogP contribution in [-0.4, -0.2) is 36.4 Å². The molecule has 0 saturated carbocycles. The molecular formula is C27H25N3O6S2. The number of rotatable bonds is 8. The van der Waals surface area contributed by atoms with E-state index in [1.54, 1.807) is 12.1 Å². The van der Waals surface area contributed by atoms with Gasteiger partial charge in [0.2, 0.25) is 5.91 Å². The maximum Gasteiger partial charge on any atom is 0.261 e. The highest BCUT2D eigenvalue weighted by Gasteiger charge is 2.27. The van der Waals surface area contributed by atoms with E-state index in [1.807, 2.05) is 30.3 Å². The van der Waals surface area contributed by atoms with Gasteiger partial charge in [0, 0.05) is 24.0 Å². The molecule has 196 valence electrons. The van der Waals surface area contributed by atoms with Gasteiger partial charge in [-0.15, -0.1) is 0 Å². The molecule has 1 heterocycles. The molecule has 0 spiro atoms. The molecule has 0 radical (unpaired) electrons. The number of methoxy groups -OCH3 is 1. The van der Waals surface area contributed by atoms with Crippen LogP contribution in [0.15, 0.2) is 94.7 Å². The van der Waals surface area contributed by atoms with Crippen molar-refractivity contribution >= 4 is 53.8 Å². The van der Waals surface area contributed by atoms with Gasteiger partial charge in [0.15, 0.2) is 0 Å². The highest BCUT2D eigenvalue weighted by Crippen LogP contribution is 2.34. The lowest BCUT2D eigenvalue weighted by atomic mass is 10.1. The second-order valence-corrected chi connectivity index (χ2v) is 12.1. The standard InChI is InChI=1S/C27H25N3O6S2/c1-36-26-16-15-22(18-25(26)30-17-5-10-27(30)31)38(34,35)28-20-11-13-21(14-12-20)37(32,33)29-24-9-4-7-19-6-2-3-8-23(19)24/h2-4,6-9,11-16,18,28-29H,5,10,17H2,1H3. The molecule has 4 aromatic carbocycles. The van der Waals surface area contributed by atoms with E-state index in [9.17, 15) is 21.6 Å². The van der Waals surface area contributed by atoms with Gasteiger partial charge in [0.05, 0.1) is 28.3 Å². The predicted molar refractivity (Wildman–Crippen MR) is 147 cm³/mol. The Labute approximate surface area is 221 Å². The zero-order valence-electron chi connectivity index (χ0n) is 20.4. The number of hydrogen-bond donors (Lipinski definition) is 2. The van der Waals surface area contributed by atoms with E-state index in [-0.39, 0.29) is 21.4 Å². The molecule has 38 heavy (non-hydrogen) atoms. The van der Waals surface area contributed by atoms with Crippen molar-refractivity contribution in [1.29, 1.82) is 0 Å². The van der Waals surface area contributed by atoms with Crippen LogP contribution in [0.3, 0.4) is 0 Å². The first kappa shape index (κ1) is 25.6. The van der Waals surface area contributed by atoms with E-state index in [1.165, 1.54) is 54.5 Å². The highest BCUT2D eigenvalue weighted by molar-refractivity contribution is 7.93. The molecule has 11 heteroatoms. The molecule has 0 aromatic heterocycles. The summed E-state index contributed by atoms with van der Waals surface area (Å²) >= 11 is 0. The molecule has 9 nitrogen and oxygen atoms in total. The number of ether oxygens (including phenoxy) is 1. The van der Waals surface area contributed by atoms with Crippen LogP contribution in [0.25, 0.3) is 10.8 Å². The average molecular weight is 552 g/mol. The zero-order chi connectivity index (χ0) is 26.9. The summed E-state index contributed by atoms with van der Waals surface area (Å²) < 4.78 is 62.7. The van der Waals surface area contributed by atoms with E-state index in [4.69, 9.17) is 4.74 Å². The second-order valence-electron chi connectivity index (χ2n) is 8.74. The van der Waals surface area contributed by atoms with Crippen LogP contribution in [0.1, 0.15) is 12.8 Å². The lowest BCUT2D eigenvalue weighted by Gasteiger charge is -2.20. The first-order valence-corrected chi connectivity index (χ1v) is 14.8. The number of carbonyl (C=O) groups is 1. The predicted octanol–water partition coefficient (Wildman–Crippen LogP) is 4.58. The molecule has 1 aliphatic heterocycles. The summed E-state index contributed by atoms with van der Waals surface area (Å²) in [6.07, 6.45) is 1.07. The van der Waals surface area contributed by atoms with Crippen molar-refractivity contribution in [3.05, 3.63) is 84.9 Å². The lowest BCUT2D eigenvalue weighted by Crippen LogP contribution is -2.25. The van der Waals surface area contributed by atoms with Crippen LogP contribution in [0.4, 0.5) is 17.1 Å². The minimum Gasteiger partial charge on any atom is -0.495 e. The van der Waals surface area contributed by atoms with Crippen LogP contribution in [0, 0.1) is 0 Å². The van der Waals surface area contributed by atoms with Crippen molar-refractivity contribution in [3.8, 4) is 5.75 Å². The van der Waals surface area contributed by atoms with Gasteiger partial charge in [-0.25, -0.2) is 16.8 Å². The molecule has 0 bridgehead atoms. The Kier molecular flexibility index (Phi) is 6.72. The van der Waals surface area contributed by atoms with Crippen LogP contribution in [-0.2, 0) is 24.8 Å². The summed E-state index contributed by atoms with van der Waals surface area (Å²) in [5, 5.41) is 1.66. The Morgan fingerprint density at radius 1 is 0.789 bits per heavy atom. The molecule has 5 rings (SSSR count). The van der Waals surface area contributed by atoms with Crippen LogP contribution in [0.5, 0.6) is 5.75 Å². The van der Waals surface area contributed by atoms with Crippen molar-refractivity contribution in [3.63, 3.8) is 0 Å². The Morgan fingerprint density at radius 2 is 1.47 bits per heavy atom. The number of amides is 1. The molecule has 1 aliphatic rings. The number of fused-ring (bicyclic) bond motifs is 1. The molecule has 0 aliphatic carbocycles. The van der Waals surface area contributed by atoms with E-state index < -0.39 is 20.0 Å². The fourth-order valence-corrected chi connectivity index (χ4v) is 6.54. The first-order valence-electron chi connectivity index (χ1n) is 11.8. The van der Waals surface area contributed by atoms with Gasteiger partial charge in [0.1, 0.15) is 5.75 Å². The van der Waals surface area contributed by atoms with Gasteiger partial charge in [-0.3, -0.25) is 14.2 Å². The summed E-state index contributed by atoms with van der Waals surface area (Å²) in [6, 6.07) is 22.5. The zero-order valence-corrected chi connectivity index (χ0v) is 22.1. The number of nitrogens with one attached hydrogen (secondary N) is 2. The summed E-state index contributed by atoms with van der Waals surface area (Å²) in [5.41, 5.74) is 1.02. The Bertz CT molecular complexity index is 1730. The number of nitrogens with zero attached hydrogens (tertiary/aromatic N) is 1. The number of sulfonamides is 2. The highest BCUT2D eigenvalue weighted by atomic mass is 32.2. The SMILES string of the molecule is COc1ccc(S(=O)(=O)Nc2ccc(S(=O)(=O)Nc3cccc4ccccc34)cc2)cc1N1CCCC1=O. The summed E-state index contributed by atoms with van der Waals surface area (Å²) in [4.78, 5) is 13.7. The molecule has 1 fully saturated rings.